The Hall–Kier alpha value is -3.71. The number of ether oxygens (including phenoxy) is 1. The fourth-order valence-corrected chi connectivity index (χ4v) is 5.43. The fourth-order valence-electron chi connectivity index (χ4n) is 5.12. The minimum atomic E-state index is -0.300. The second kappa shape index (κ2) is 9.50. The number of thiocarbonyl (C=S) groups is 1. The summed E-state index contributed by atoms with van der Waals surface area (Å²) < 4.78 is 7.55. The summed E-state index contributed by atoms with van der Waals surface area (Å²) >= 11 is 5.71. The van der Waals surface area contributed by atoms with Crippen molar-refractivity contribution >= 4 is 34.1 Å². The average molecular weight is 485 g/mol. The molecular weight excluding hydrogens is 456 g/mol. The number of rotatable bonds is 6. The van der Waals surface area contributed by atoms with E-state index in [1.54, 1.807) is 6.20 Å². The first-order valence-corrected chi connectivity index (χ1v) is 12.2. The first-order chi connectivity index (χ1) is 17.0. The number of aryl methyl sites for hydroxylation is 1. The number of nitrogens with zero attached hydrogens (tertiary/aromatic N) is 3. The first-order valence-electron chi connectivity index (χ1n) is 11.8. The summed E-state index contributed by atoms with van der Waals surface area (Å²) in [6.07, 6.45) is 1.78. The number of pyridine rings is 1. The van der Waals surface area contributed by atoms with Crippen LogP contribution < -0.4 is 5.32 Å². The quantitative estimate of drug-likeness (QED) is 0.301. The van der Waals surface area contributed by atoms with E-state index in [2.05, 4.69) is 77.2 Å². The zero-order valence-corrected chi connectivity index (χ0v) is 20.9. The van der Waals surface area contributed by atoms with Crippen molar-refractivity contribution in [3.8, 4) is 5.69 Å². The maximum atomic E-state index is 12.5. The summed E-state index contributed by atoms with van der Waals surface area (Å²) in [5, 5.41) is 6.32. The molecule has 3 heterocycles. The van der Waals surface area contributed by atoms with Crippen LogP contribution in [0.1, 0.15) is 41.7 Å². The second-order valence-corrected chi connectivity index (χ2v) is 9.11. The normalized spacial score (nSPS) is 17.6. The molecule has 0 spiro atoms. The zero-order chi connectivity index (χ0) is 24.5. The number of nitrogens with one attached hydrogen (secondary N) is 1. The highest BCUT2D eigenvalue weighted by atomic mass is 32.1. The molecule has 1 saturated heterocycles. The minimum absolute atomic E-state index is 0.0750. The van der Waals surface area contributed by atoms with E-state index in [0.29, 0.717) is 11.7 Å². The zero-order valence-electron chi connectivity index (χ0n) is 20.1. The van der Waals surface area contributed by atoms with E-state index >= 15 is 0 Å². The largest absolute Gasteiger partial charge is 0.465 e. The van der Waals surface area contributed by atoms with Crippen LogP contribution in [0.3, 0.4) is 0 Å². The molecule has 1 aliphatic rings. The Morgan fingerprint density at radius 1 is 1.09 bits per heavy atom. The molecule has 7 heteroatoms. The topological polar surface area (TPSA) is 59.4 Å². The van der Waals surface area contributed by atoms with Crippen LogP contribution in [0.4, 0.5) is 0 Å². The Morgan fingerprint density at radius 2 is 1.86 bits per heavy atom. The molecule has 1 fully saturated rings. The van der Waals surface area contributed by atoms with E-state index in [9.17, 15) is 4.79 Å². The van der Waals surface area contributed by atoms with Crippen LogP contribution in [0, 0.1) is 13.8 Å². The molecular formula is C28H28N4O2S. The van der Waals surface area contributed by atoms with Crippen LogP contribution in [0.2, 0.25) is 0 Å². The second-order valence-electron chi connectivity index (χ2n) is 8.72. The number of aromatic nitrogens is 2. The number of carbonyl (C=O) groups is 1. The highest BCUT2D eigenvalue weighted by Crippen LogP contribution is 2.41. The van der Waals surface area contributed by atoms with Gasteiger partial charge in [-0.05, 0) is 68.2 Å². The van der Waals surface area contributed by atoms with Crippen molar-refractivity contribution in [2.45, 2.75) is 32.9 Å². The van der Waals surface area contributed by atoms with Crippen LogP contribution in [-0.4, -0.2) is 38.7 Å². The number of carbonyl (C=O) groups excluding carboxylic acids is 1. The van der Waals surface area contributed by atoms with Crippen LogP contribution in [0.5, 0.6) is 0 Å². The van der Waals surface area contributed by atoms with Crippen molar-refractivity contribution in [3.05, 3.63) is 95.6 Å². The van der Waals surface area contributed by atoms with Crippen molar-refractivity contribution in [1.82, 2.24) is 19.8 Å². The molecule has 178 valence electrons. The van der Waals surface area contributed by atoms with Crippen LogP contribution in [0.15, 0.2) is 72.9 Å². The third kappa shape index (κ3) is 4.17. The molecule has 4 aromatic rings. The Labute approximate surface area is 210 Å². The van der Waals surface area contributed by atoms with Gasteiger partial charge in [0.05, 0.1) is 30.1 Å². The van der Waals surface area contributed by atoms with Gasteiger partial charge in [-0.15, -0.1) is 0 Å². The van der Waals surface area contributed by atoms with Gasteiger partial charge in [-0.1, -0.05) is 42.5 Å². The molecule has 5 rings (SSSR count). The van der Waals surface area contributed by atoms with Gasteiger partial charge in [0, 0.05) is 23.0 Å². The molecule has 35 heavy (non-hydrogen) atoms. The molecule has 2 unspecified atom stereocenters. The van der Waals surface area contributed by atoms with Crippen molar-refractivity contribution in [2.24, 2.45) is 0 Å². The molecule has 1 N–H and O–H groups in total. The molecule has 1 aliphatic heterocycles. The van der Waals surface area contributed by atoms with E-state index in [1.165, 1.54) is 10.8 Å². The summed E-state index contributed by atoms with van der Waals surface area (Å²) in [6, 6.07) is 22.4. The highest BCUT2D eigenvalue weighted by Gasteiger charge is 2.42. The van der Waals surface area contributed by atoms with Gasteiger partial charge in [0.25, 0.3) is 0 Å². The van der Waals surface area contributed by atoms with Gasteiger partial charge in [-0.25, -0.2) is 0 Å². The average Bonchev–Trinajstić information content (AvgIpc) is 3.34. The number of hydrogen-bond donors (Lipinski definition) is 1. The van der Waals surface area contributed by atoms with Gasteiger partial charge in [0.15, 0.2) is 5.11 Å². The lowest BCUT2D eigenvalue weighted by atomic mass is 9.96. The maximum absolute atomic E-state index is 12.5. The molecule has 0 aliphatic carbocycles. The molecule has 2 aromatic heterocycles. The van der Waals surface area contributed by atoms with Gasteiger partial charge < -0.3 is 19.5 Å². The van der Waals surface area contributed by atoms with E-state index in [1.807, 2.05) is 30.0 Å². The van der Waals surface area contributed by atoms with Crippen molar-refractivity contribution < 1.29 is 9.53 Å². The standard InChI is InChI=1S/C28H28N4O2S/c1-4-34-25(33)17-31-27(26(30-28(31)35)23-13-7-8-15-29-23)22-16-18(2)32(19(22)3)24-14-9-11-20-10-5-6-12-21(20)24/h5-16,26-27H,4,17H2,1-3H3,(H,30,35). The number of fused-ring (bicyclic) bond motifs is 1. The summed E-state index contributed by atoms with van der Waals surface area (Å²) in [5.41, 5.74) is 5.32. The lowest BCUT2D eigenvalue weighted by molar-refractivity contribution is -0.143. The lowest BCUT2D eigenvalue weighted by Crippen LogP contribution is -2.35. The Bertz CT molecular complexity index is 1390. The first kappa shape index (κ1) is 23.1. The van der Waals surface area contributed by atoms with E-state index in [4.69, 9.17) is 17.0 Å². The van der Waals surface area contributed by atoms with Gasteiger partial charge in [0.2, 0.25) is 0 Å². The van der Waals surface area contributed by atoms with E-state index in [0.717, 1.165) is 28.3 Å². The van der Waals surface area contributed by atoms with Crippen LogP contribution in [-0.2, 0) is 9.53 Å². The SMILES string of the molecule is CCOC(=O)CN1C(=S)NC(c2ccccn2)C1c1cc(C)n(-c2cccc3ccccc23)c1C. The van der Waals surface area contributed by atoms with Crippen LogP contribution in [0.25, 0.3) is 16.5 Å². The van der Waals surface area contributed by atoms with Crippen LogP contribution >= 0.6 is 12.2 Å². The Morgan fingerprint density at radius 3 is 2.63 bits per heavy atom. The van der Waals surface area contributed by atoms with Crippen molar-refractivity contribution in [1.29, 1.82) is 0 Å². The third-order valence-corrected chi connectivity index (χ3v) is 6.95. The smallest absolute Gasteiger partial charge is 0.325 e. The molecule has 0 saturated carbocycles. The van der Waals surface area contributed by atoms with Gasteiger partial charge >= 0.3 is 5.97 Å². The molecule has 0 bridgehead atoms. The number of esters is 1. The highest BCUT2D eigenvalue weighted by molar-refractivity contribution is 7.80. The van der Waals surface area contributed by atoms with Gasteiger partial charge in [-0.2, -0.15) is 0 Å². The van der Waals surface area contributed by atoms with E-state index < -0.39 is 0 Å². The number of benzene rings is 2. The molecule has 2 atom stereocenters. The third-order valence-electron chi connectivity index (χ3n) is 6.60. The van der Waals surface area contributed by atoms with Gasteiger partial charge in [-0.3, -0.25) is 9.78 Å². The predicted molar refractivity (Wildman–Crippen MR) is 142 cm³/mol. The van der Waals surface area contributed by atoms with Gasteiger partial charge in [0.1, 0.15) is 6.54 Å². The number of hydrogen-bond acceptors (Lipinski definition) is 4. The maximum Gasteiger partial charge on any atom is 0.325 e. The summed E-state index contributed by atoms with van der Waals surface area (Å²) in [5.74, 6) is -0.300. The fraction of sp³-hybridized carbons (Fsp3) is 0.250. The predicted octanol–water partition coefficient (Wildman–Crippen LogP) is 5.18. The Balaban J connectivity index is 1.65. The summed E-state index contributed by atoms with van der Waals surface area (Å²) in [4.78, 5) is 19.1. The monoisotopic (exact) mass is 484 g/mol. The van der Waals surface area contributed by atoms with Crippen molar-refractivity contribution in [3.63, 3.8) is 0 Å². The minimum Gasteiger partial charge on any atom is -0.465 e. The van der Waals surface area contributed by atoms with Crippen molar-refractivity contribution in [2.75, 3.05) is 13.2 Å². The molecule has 6 nitrogen and oxygen atoms in total. The molecule has 0 radical (unpaired) electrons. The molecule has 2 aromatic carbocycles. The Kier molecular flexibility index (Phi) is 6.26. The molecule has 0 amide bonds. The summed E-state index contributed by atoms with van der Waals surface area (Å²) in [6.45, 7) is 6.46. The summed E-state index contributed by atoms with van der Waals surface area (Å²) in [7, 11) is 0. The lowest BCUT2D eigenvalue weighted by Gasteiger charge is -2.27. The van der Waals surface area contributed by atoms with E-state index in [-0.39, 0.29) is 24.6 Å².